The van der Waals surface area contributed by atoms with Crippen LogP contribution in [0.15, 0.2) is 0 Å². The smallest absolute Gasteiger partial charge is 0.285 e. The summed E-state index contributed by atoms with van der Waals surface area (Å²) in [6.07, 6.45) is 12.4. The maximum Gasteiger partial charge on any atom is 0.285 e. The zero-order valence-electron chi connectivity index (χ0n) is 16.7. The molecule has 1 fully saturated rings. The third-order valence-corrected chi connectivity index (χ3v) is 5.49. The Morgan fingerprint density at radius 3 is 1.92 bits per heavy atom. The van der Waals surface area contributed by atoms with Crippen molar-refractivity contribution in [1.82, 2.24) is 0 Å². The van der Waals surface area contributed by atoms with Gasteiger partial charge in [0, 0.05) is 32.7 Å². The minimum Gasteiger partial charge on any atom is -0.380 e. The topological polar surface area (TPSA) is 36.9 Å². The van der Waals surface area contributed by atoms with Crippen molar-refractivity contribution >= 4 is 0 Å². The van der Waals surface area contributed by atoms with Crippen LogP contribution in [0.4, 0.5) is 0 Å². The van der Waals surface area contributed by atoms with Crippen LogP contribution < -0.4 is 0 Å². The maximum atomic E-state index is 5.65. The second kappa shape index (κ2) is 11.5. The largest absolute Gasteiger partial charge is 0.380 e. The summed E-state index contributed by atoms with van der Waals surface area (Å²) < 4.78 is 22.3. The third-order valence-electron chi connectivity index (χ3n) is 5.49. The second-order valence-corrected chi connectivity index (χ2v) is 7.66. The summed E-state index contributed by atoms with van der Waals surface area (Å²) in [6.45, 7) is 6.38. The molecule has 144 valence electrons. The first-order chi connectivity index (χ1) is 11.6. The van der Waals surface area contributed by atoms with Gasteiger partial charge in [0.1, 0.15) is 0 Å². The van der Waals surface area contributed by atoms with Gasteiger partial charge in [-0.25, -0.2) is 0 Å². The first-order valence-electron chi connectivity index (χ1n) is 9.79. The number of rotatable bonds is 15. The lowest BCUT2D eigenvalue weighted by atomic mass is 9.81. The van der Waals surface area contributed by atoms with Crippen LogP contribution in [0.3, 0.4) is 0 Å². The SMILES string of the molecule is CCCCCCCCC(CCCC1(C)COC1)C(OC)(OC)OC. The van der Waals surface area contributed by atoms with Crippen LogP contribution in [0.1, 0.15) is 78.1 Å². The van der Waals surface area contributed by atoms with Crippen molar-refractivity contribution in [3.05, 3.63) is 0 Å². The van der Waals surface area contributed by atoms with E-state index in [0.29, 0.717) is 5.41 Å². The van der Waals surface area contributed by atoms with Crippen molar-refractivity contribution in [2.24, 2.45) is 11.3 Å². The number of hydrogen-bond donors (Lipinski definition) is 0. The van der Waals surface area contributed by atoms with Gasteiger partial charge in [0.15, 0.2) is 0 Å². The Labute approximate surface area is 149 Å². The zero-order chi connectivity index (χ0) is 17.9. The standard InChI is InChI=1S/C20H40O4/c1-6-7-8-9-10-11-13-18(20(21-3,22-4)23-5)14-12-15-19(2)16-24-17-19/h18H,6-17H2,1-5H3. The molecule has 0 aromatic heterocycles. The minimum atomic E-state index is -0.902. The Morgan fingerprint density at radius 2 is 1.42 bits per heavy atom. The lowest BCUT2D eigenvalue weighted by molar-refractivity contribution is -0.380. The molecule has 0 bridgehead atoms. The highest BCUT2D eigenvalue weighted by Gasteiger charge is 2.40. The minimum absolute atomic E-state index is 0.272. The van der Waals surface area contributed by atoms with E-state index in [-0.39, 0.29) is 5.92 Å². The molecular weight excluding hydrogens is 304 g/mol. The Morgan fingerprint density at radius 1 is 0.875 bits per heavy atom. The van der Waals surface area contributed by atoms with Gasteiger partial charge in [-0.15, -0.1) is 0 Å². The molecule has 0 spiro atoms. The third kappa shape index (κ3) is 6.62. The number of hydrogen-bond acceptors (Lipinski definition) is 4. The number of ether oxygens (including phenoxy) is 4. The molecule has 1 saturated heterocycles. The lowest BCUT2D eigenvalue weighted by Gasteiger charge is -2.40. The molecule has 1 heterocycles. The predicted molar refractivity (Wildman–Crippen MR) is 98.0 cm³/mol. The highest BCUT2D eigenvalue weighted by atomic mass is 16.9. The normalized spacial score (nSPS) is 18.4. The summed E-state index contributed by atoms with van der Waals surface area (Å²) in [5.74, 6) is -0.631. The molecule has 4 nitrogen and oxygen atoms in total. The van der Waals surface area contributed by atoms with Gasteiger partial charge in [-0.2, -0.15) is 0 Å². The zero-order valence-corrected chi connectivity index (χ0v) is 16.7. The Balaban J connectivity index is 2.45. The molecule has 0 aromatic carbocycles. The lowest BCUT2D eigenvalue weighted by Crippen LogP contribution is -2.44. The van der Waals surface area contributed by atoms with Gasteiger partial charge in [0.05, 0.1) is 13.2 Å². The van der Waals surface area contributed by atoms with Gasteiger partial charge in [-0.1, -0.05) is 58.8 Å². The van der Waals surface area contributed by atoms with Gasteiger partial charge in [-0.3, -0.25) is 0 Å². The van der Waals surface area contributed by atoms with Crippen LogP contribution >= 0.6 is 0 Å². The van der Waals surface area contributed by atoms with Crippen LogP contribution in [0, 0.1) is 11.3 Å². The van der Waals surface area contributed by atoms with Crippen LogP contribution in [0.25, 0.3) is 0 Å². The van der Waals surface area contributed by atoms with Gasteiger partial charge >= 0.3 is 0 Å². The van der Waals surface area contributed by atoms with E-state index in [0.717, 1.165) is 32.5 Å². The van der Waals surface area contributed by atoms with Crippen molar-refractivity contribution in [3.63, 3.8) is 0 Å². The van der Waals surface area contributed by atoms with E-state index in [2.05, 4.69) is 13.8 Å². The number of unbranched alkanes of at least 4 members (excludes halogenated alkanes) is 5. The van der Waals surface area contributed by atoms with E-state index >= 15 is 0 Å². The molecule has 0 N–H and O–H groups in total. The molecule has 1 aliphatic heterocycles. The van der Waals surface area contributed by atoms with Crippen molar-refractivity contribution in [2.45, 2.75) is 84.0 Å². The molecule has 1 aliphatic rings. The van der Waals surface area contributed by atoms with E-state index in [1.54, 1.807) is 21.3 Å². The van der Waals surface area contributed by atoms with E-state index in [1.807, 2.05) is 0 Å². The molecule has 0 saturated carbocycles. The van der Waals surface area contributed by atoms with Crippen molar-refractivity contribution in [3.8, 4) is 0 Å². The van der Waals surface area contributed by atoms with Crippen molar-refractivity contribution < 1.29 is 18.9 Å². The molecule has 1 rings (SSSR count). The van der Waals surface area contributed by atoms with Crippen LogP contribution in [0.2, 0.25) is 0 Å². The highest BCUT2D eigenvalue weighted by Crippen LogP contribution is 2.37. The summed E-state index contributed by atoms with van der Waals surface area (Å²) in [5, 5.41) is 0. The first kappa shape index (κ1) is 21.9. The average molecular weight is 345 g/mol. The summed E-state index contributed by atoms with van der Waals surface area (Å²) in [4.78, 5) is 0. The fourth-order valence-corrected chi connectivity index (χ4v) is 3.79. The molecular formula is C20H40O4. The summed E-state index contributed by atoms with van der Waals surface area (Å²) >= 11 is 0. The molecule has 4 heteroatoms. The van der Waals surface area contributed by atoms with E-state index < -0.39 is 5.97 Å². The average Bonchev–Trinajstić information content (AvgIpc) is 2.57. The summed E-state index contributed by atoms with van der Waals surface area (Å²) in [6, 6.07) is 0. The van der Waals surface area contributed by atoms with E-state index in [1.165, 1.54) is 44.9 Å². The quantitative estimate of drug-likeness (QED) is 0.304. The van der Waals surface area contributed by atoms with Crippen LogP contribution in [0.5, 0.6) is 0 Å². The predicted octanol–water partition coefficient (Wildman–Crippen LogP) is 5.15. The van der Waals surface area contributed by atoms with Crippen molar-refractivity contribution in [1.29, 1.82) is 0 Å². The van der Waals surface area contributed by atoms with Gasteiger partial charge in [-0.05, 0) is 19.3 Å². The molecule has 1 atom stereocenters. The highest BCUT2D eigenvalue weighted by molar-refractivity contribution is 4.81. The molecule has 1 unspecified atom stereocenters. The molecule has 0 radical (unpaired) electrons. The van der Waals surface area contributed by atoms with Crippen molar-refractivity contribution in [2.75, 3.05) is 34.5 Å². The molecule has 24 heavy (non-hydrogen) atoms. The Bertz CT molecular complexity index is 302. The van der Waals surface area contributed by atoms with E-state index in [4.69, 9.17) is 18.9 Å². The Kier molecular flexibility index (Phi) is 10.4. The Hall–Kier alpha value is -0.160. The van der Waals surface area contributed by atoms with Crippen LogP contribution in [-0.4, -0.2) is 40.5 Å². The fraction of sp³-hybridized carbons (Fsp3) is 1.00. The second-order valence-electron chi connectivity index (χ2n) is 7.66. The van der Waals surface area contributed by atoms with Crippen LogP contribution in [-0.2, 0) is 18.9 Å². The monoisotopic (exact) mass is 344 g/mol. The van der Waals surface area contributed by atoms with E-state index in [9.17, 15) is 0 Å². The molecule has 0 aliphatic carbocycles. The summed E-state index contributed by atoms with van der Waals surface area (Å²) in [5.41, 5.74) is 0.376. The van der Waals surface area contributed by atoms with Gasteiger partial charge < -0.3 is 18.9 Å². The fourth-order valence-electron chi connectivity index (χ4n) is 3.79. The maximum absolute atomic E-state index is 5.65. The number of methoxy groups -OCH3 is 3. The first-order valence-corrected chi connectivity index (χ1v) is 9.79. The van der Waals surface area contributed by atoms with Gasteiger partial charge in [0.25, 0.3) is 5.97 Å². The summed E-state index contributed by atoms with van der Waals surface area (Å²) in [7, 11) is 5.05. The van der Waals surface area contributed by atoms with Gasteiger partial charge in [0.2, 0.25) is 0 Å². The molecule has 0 aromatic rings. The molecule has 0 amide bonds.